The molecular formula is C21H24FN3O4S. The van der Waals surface area contributed by atoms with Crippen LogP contribution in [-0.4, -0.2) is 33.3 Å². The van der Waals surface area contributed by atoms with E-state index in [0.29, 0.717) is 19.4 Å². The van der Waals surface area contributed by atoms with Gasteiger partial charge in [0, 0.05) is 38.2 Å². The van der Waals surface area contributed by atoms with Crippen LogP contribution in [0.1, 0.15) is 31.2 Å². The Labute approximate surface area is 175 Å². The van der Waals surface area contributed by atoms with Gasteiger partial charge in [0.05, 0.1) is 4.90 Å². The summed E-state index contributed by atoms with van der Waals surface area (Å²) < 4.78 is 39.5. The minimum absolute atomic E-state index is 0.0209. The minimum Gasteiger partial charge on any atom is -0.352 e. The lowest BCUT2D eigenvalue weighted by atomic mass is 10.2. The second-order valence-corrected chi connectivity index (χ2v) is 8.81. The predicted octanol–water partition coefficient (Wildman–Crippen LogP) is 2.33. The van der Waals surface area contributed by atoms with E-state index in [-0.39, 0.29) is 29.7 Å². The van der Waals surface area contributed by atoms with E-state index < -0.39 is 15.8 Å². The number of carbonyl (C=O) groups excluding carboxylic acids is 2. The van der Waals surface area contributed by atoms with Crippen molar-refractivity contribution in [1.82, 2.24) is 10.0 Å². The average molecular weight is 434 g/mol. The first-order valence-corrected chi connectivity index (χ1v) is 11.2. The lowest BCUT2D eigenvalue weighted by molar-refractivity contribution is -0.121. The van der Waals surface area contributed by atoms with Gasteiger partial charge >= 0.3 is 0 Å². The maximum atomic E-state index is 12.9. The molecule has 9 heteroatoms. The zero-order chi connectivity index (χ0) is 21.6. The van der Waals surface area contributed by atoms with Crippen LogP contribution in [0.3, 0.4) is 0 Å². The number of anilines is 1. The summed E-state index contributed by atoms with van der Waals surface area (Å²) in [5.41, 5.74) is 1.77. The molecule has 160 valence electrons. The van der Waals surface area contributed by atoms with Crippen LogP contribution in [0.4, 0.5) is 10.1 Å². The Balaban J connectivity index is 1.38. The van der Waals surface area contributed by atoms with Gasteiger partial charge < -0.3 is 10.2 Å². The van der Waals surface area contributed by atoms with Gasteiger partial charge in [0.2, 0.25) is 21.8 Å². The van der Waals surface area contributed by atoms with E-state index in [4.69, 9.17) is 0 Å². The first-order chi connectivity index (χ1) is 14.3. The molecule has 7 nitrogen and oxygen atoms in total. The molecule has 2 aromatic carbocycles. The summed E-state index contributed by atoms with van der Waals surface area (Å²) >= 11 is 0. The topological polar surface area (TPSA) is 95.6 Å². The van der Waals surface area contributed by atoms with Crippen molar-refractivity contribution in [2.45, 2.75) is 37.1 Å². The number of halogens is 1. The molecule has 0 aromatic heterocycles. The van der Waals surface area contributed by atoms with E-state index in [9.17, 15) is 22.4 Å². The predicted molar refractivity (Wildman–Crippen MR) is 111 cm³/mol. The van der Waals surface area contributed by atoms with E-state index in [1.807, 2.05) is 24.3 Å². The second-order valence-electron chi connectivity index (χ2n) is 7.05. The van der Waals surface area contributed by atoms with Gasteiger partial charge in [0.15, 0.2) is 0 Å². The van der Waals surface area contributed by atoms with Crippen molar-refractivity contribution in [2.75, 3.05) is 18.0 Å². The Kier molecular flexibility index (Phi) is 7.17. The lowest BCUT2D eigenvalue weighted by Crippen LogP contribution is -2.27. The van der Waals surface area contributed by atoms with E-state index in [1.54, 1.807) is 4.90 Å². The third-order valence-electron chi connectivity index (χ3n) is 4.81. The first-order valence-electron chi connectivity index (χ1n) is 9.76. The Morgan fingerprint density at radius 3 is 2.40 bits per heavy atom. The smallest absolute Gasteiger partial charge is 0.240 e. The summed E-state index contributed by atoms with van der Waals surface area (Å²) in [7, 11) is -3.72. The fourth-order valence-electron chi connectivity index (χ4n) is 3.16. The van der Waals surface area contributed by atoms with Crippen LogP contribution in [0.2, 0.25) is 0 Å². The van der Waals surface area contributed by atoms with Gasteiger partial charge in [0.25, 0.3) is 0 Å². The van der Waals surface area contributed by atoms with Crippen LogP contribution in [0.25, 0.3) is 0 Å². The Morgan fingerprint density at radius 2 is 1.77 bits per heavy atom. The molecule has 1 aliphatic rings. The highest BCUT2D eigenvalue weighted by Gasteiger charge is 2.21. The monoisotopic (exact) mass is 433 g/mol. The van der Waals surface area contributed by atoms with Gasteiger partial charge in [-0.2, -0.15) is 0 Å². The fraction of sp³-hybridized carbons (Fsp3) is 0.333. The summed E-state index contributed by atoms with van der Waals surface area (Å²) in [6.07, 6.45) is 1.96. The molecule has 0 bridgehead atoms. The van der Waals surface area contributed by atoms with Gasteiger partial charge in [-0.15, -0.1) is 0 Å². The summed E-state index contributed by atoms with van der Waals surface area (Å²) in [5.74, 6) is -0.564. The number of nitrogens with one attached hydrogen (secondary N) is 2. The number of benzene rings is 2. The molecule has 0 radical (unpaired) electrons. The quantitative estimate of drug-likeness (QED) is 0.594. The largest absolute Gasteiger partial charge is 0.352 e. The Bertz CT molecular complexity index is 992. The summed E-state index contributed by atoms with van der Waals surface area (Å²) in [4.78, 5) is 25.5. The molecule has 0 aliphatic carbocycles. The molecule has 0 atom stereocenters. The Morgan fingerprint density at radius 1 is 1.07 bits per heavy atom. The van der Waals surface area contributed by atoms with Gasteiger partial charge in [-0.05, 0) is 54.8 Å². The normalized spacial score (nSPS) is 14.2. The highest BCUT2D eigenvalue weighted by molar-refractivity contribution is 7.89. The molecule has 1 heterocycles. The van der Waals surface area contributed by atoms with Crippen molar-refractivity contribution in [3.05, 3.63) is 59.9 Å². The minimum atomic E-state index is -3.72. The van der Waals surface area contributed by atoms with E-state index >= 15 is 0 Å². The summed E-state index contributed by atoms with van der Waals surface area (Å²) in [5, 5.41) is 2.79. The second kappa shape index (κ2) is 9.82. The van der Waals surface area contributed by atoms with Crippen molar-refractivity contribution < 1.29 is 22.4 Å². The van der Waals surface area contributed by atoms with Crippen molar-refractivity contribution in [1.29, 1.82) is 0 Å². The fourth-order valence-corrected chi connectivity index (χ4v) is 4.23. The van der Waals surface area contributed by atoms with Gasteiger partial charge in [0.1, 0.15) is 5.82 Å². The lowest BCUT2D eigenvalue weighted by Gasteiger charge is -2.16. The third-order valence-corrected chi connectivity index (χ3v) is 6.28. The molecule has 0 unspecified atom stereocenters. The van der Waals surface area contributed by atoms with Crippen molar-refractivity contribution in [2.24, 2.45) is 0 Å². The Hall–Kier alpha value is -2.78. The van der Waals surface area contributed by atoms with E-state index in [0.717, 1.165) is 36.3 Å². The number of nitrogens with zero attached hydrogens (tertiary/aromatic N) is 1. The summed E-state index contributed by atoms with van der Waals surface area (Å²) in [6, 6.07) is 12.0. The number of sulfonamides is 1. The van der Waals surface area contributed by atoms with Crippen LogP contribution in [0, 0.1) is 5.82 Å². The molecule has 0 saturated carbocycles. The van der Waals surface area contributed by atoms with Crippen molar-refractivity contribution >= 4 is 27.5 Å². The maximum absolute atomic E-state index is 12.9. The van der Waals surface area contributed by atoms with Crippen molar-refractivity contribution in [3.8, 4) is 0 Å². The van der Waals surface area contributed by atoms with Crippen molar-refractivity contribution in [3.63, 3.8) is 0 Å². The number of hydrogen-bond acceptors (Lipinski definition) is 4. The standard InChI is InChI=1S/C21H24FN3O4S/c22-17-7-11-19(12-8-17)30(28,29)24-13-1-3-20(26)23-15-16-5-9-18(10-6-16)25-14-2-4-21(25)27/h5-12,24H,1-4,13-15H2,(H,23,26). The molecular weight excluding hydrogens is 409 g/mol. The van der Waals surface area contributed by atoms with Gasteiger partial charge in [-0.3, -0.25) is 9.59 Å². The van der Waals surface area contributed by atoms with Gasteiger partial charge in [-0.25, -0.2) is 17.5 Å². The summed E-state index contributed by atoms with van der Waals surface area (Å²) in [6.45, 7) is 1.19. The highest BCUT2D eigenvalue weighted by atomic mass is 32.2. The molecule has 1 fully saturated rings. The zero-order valence-electron chi connectivity index (χ0n) is 16.4. The van der Waals surface area contributed by atoms with Crippen LogP contribution in [-0.2, 0) is 26.2 Å². The molecule has 2 amide bonds. The first kappa shape index (κ1) is 21.9. The number of rotatable bonds is 9. The van der Waals surface area contributed by atoms with Crippen LogP contribution >= 0.6 is 0 Å². The average Bonchev–Trinajstić information content (AvgIpc) is 3.16. The van der Waals surface area contributed by atoms with Crippen LogP contribution in [0.15, 0.2) is 53.4 Å². The van der Waals surface area contributed by atoms with E-state index in [2.05, 4.69) is 10.0 Å². The number of carbonyl (C=O) groups is 2. The molecule has 0 spiro atoms. The third kappa shape index (κ3) is 5.87. The number of hydrogen-bond donors (Lipinski definition) is 2. The molecule has 1 aliphatic heterocycles. The van der Waals surface area contributed by atoms with Crippen LogP contribution < -0.4 is 14.9 Å². The molecule has 2 N–H and O–H groups in total. The highest BCUT2D eigenvalue weighted by Crippen LogP contribution is 2.21. The van der Waals surface area contributed by atoms with Crippen LogP contribution in [0.5, 0.6) is 0 Å². The van der Waals surface area contributed by atoms with Gasteiger partial charge in [-0.1, -0.05) is 12.1 Å². The SMILES string of the molecule is O=C(CCCNS(=O)(=O)c1ccc(F)cc1)NCc1ccc(N2CCCC2=O)cc1. The molecule has 2 aromatic rings. The zero-order valence-corrected chi connectivity index (χ0v) is 17.3. The maximum Gasteiger partial charge on any atom is 0.240 e. The molecule has 30 heavy (non-hydrogen) atoms. The molecule has 1 saturated heterocycles. The molecule has 3 rings (SSSR count). The number of amides is 2. The van der Waals surface area contributed by atoms with E-state index in [1.165, 1.54) is 12.1 Å².